The van der Waals surface area contributed by atoms with Gasteiger partial charge in [0.05, 0.1) is 0 Å². The minimum absolute atomic E-state index is 0.316. The molecule has 0 radical (unpaired) electrons. The highest BCUT2D eigenvalue weighted by molar-refractivity contribution is 8.41. The summed E-state index contributed by atoms with van der Waals surface area (Å²) in [7, 11) is 0. The van der Waals surface area contributed by atoms with Gasteiger partial charge in [0, 0.05) is 6.42 Å². The van der Waals surface area contributed by atoms with Crippen LogP contribution < -0.4 is 0 Å². The Bertz CT molecular complexity index is 148. The lowest BCUT2D eigenvalue weighted by Gasteiger charge is -1.85. The van der Waals surface area contributed by atoms with Crippen LogP contribution in [0.4, 0.5) is 0 Å². The molecule has 2 nitrogen and oxygen atoms in total. The quantitative estimate of drug-likeness (QED) is 0.584. The second-order valence-corrected chi connectivity index (χ2v) is 5.19. The first kappa shape index (κ1) is 15.7. The molecule has 0 aliphatic rings. The van der Waals surface area contributed by atoms with Crippen LogP contribution in [0.15, 0.2) is 0 Å². The zero-order valence-corrected chi connectivity index (χ0v) is 10.5. The first-order chi connectivity index (χ1) is 6.04. The van der Waals surface area contributed by atoms with Gasteiger partial charge in [-0.3, -0.25) is 4.79 Å². The predicted molar refractivity (Wildman–Crippen MR) is 66.9 cm³/mol. The van der Waals surface area contributed by atoms with E-state index in [0.29, 0.717) is 6.42 Å². The highest BCUT2D eigenvalue weighted by Crippen LogP contribution is 2.04. The smallest absolute Gasteiger partial charge is 0.303 e. The lowest BCUT2D eigenvalue weighted by molar-refractivity contribution is -0.137. The average Bonchev–Trinajstić information content (AvgIpc) is 2.01. The number of rotatable bonds is 4. The van der Waals surface area contributed by atoms with Crippen molar-refractivity contribution in [2.75, 3.05) is 5.75 Å². The Labute approximate surface area is 94.9 Å². The molecule has 1 N–H and O–H groups in total. The maximum absolute atomic E-state index is 9.76. The summed E-state index contributed by atoms with van der Waals surface area (Å²) in [6.45, 7) is 4.02. The number of hydrogen-bond acceptors (Lipinski definition) is 3. The highest BCUT2D eigenvalue weighted by Gasteiger charge is 1.90. The van der Waals surface area contributed by atoms with Crippen molar-refractivity contribution < 1.29 is 9.90 Å². The predicted octanol–water partition coefficient (Wildman–Crippen LogP) is 3.22. The Kier molecular flexibility index (Phi) is 14.8. The number of carboxylic acids is 1. The molecule has 0 fully saturated rings. The molecule has 0 aromatic heterocycles. The van der Waals surface area contributed by atoms with E-state index in [9.17, 15) is 4.79 Å². The molecule has 0 unspecified atom stereocenters. The minimum Gasteiger partial charge on any atom is -0.481 e. The van der Waals surface area contributed by atoms with Crippen LogP contribution in [-0.2, 0) is 4.79 Å². The standard InChI is InChI=1S/C5H10O2.C3H6S3/c1-2-3-4-5(6)7;1-2-6-3(4)5/h2-4H2,1H3,(H,6,7);2H2,1H3,(H,4,5). The number of unbranched alkanes of at least 4 members (excludes halogenated alkanes) is 1. The van der Waals surface area contributed by atoms with E-state index in [4.69, 9.17) is 5.11 Å². The van der Waals surface area contributed by atoms with Gasteiger partial charge < -0.3 is 5.11 Å². The van der Waals surface area contributed by atoms with Gasteiger partial charge in [0.15, 0.2) is 0 Å². The fraction of sp³-hybridized carbons (Fsp3) is 0.750. The van der Waals surface area contributed by atoms with Crippen LogP contribution in [0.5, 0.6) is 0 Å². The zero-order chi connectivity index (χ0) is 10.7. The summed E-state index contributed by atoms with van der Waals surface area (Å²) < 4.78 is 0.734. The number of thiol groups is 1. The number of aliphatic carboxylic acids is 1. The Hall–Kier alpha value is 0.260. The fourth-order valence-electron chi connectivity index (χ4n) is 0.451. The number of carbonyl (C=O) groups is 1. The van der Waals surface area contributed by atoms with Crippen molar-refractivity contribution in [3.8, 4) is 0 Å². The third-order valence-corrected chi connectivity index (χ3v) is 2.29. The van der Waals surface area contributed by atoms with Crippen molar-refractivity contribution in [2.24, 2.45) is 0 Å². The summed E-state index contributed by atoms with van der Waals surface area (Å²) in [4.78, 5) is 9.76. The summed E-state index contributed by atoms with van der Waals surface area (Å²) in [6, 6.07) is 0. The maximum atomic E-state index is 9.76. The summed E-state index contributed by atoms with van der Waals surface area (Å²) >= 11 is 10.1. The van der Waals surface area contributed by atoms with E-state index < -0.39 is 5.97 Å². The molecule has 0 aromatic carbocycles. The minimum atomic E-state index is -0.693. The lowest BCUT2D eigenvalue weighted by atomic mass is 10.3. The van der Waals surface area contributed by atoms with Crippen LogP contribution in [0.25, 0.3) is 0 Å². The second kappa shape index (κ2) is 12.3. The third-order valence-electron chi connectivity index (χ3n) is 1.01. The van der Waals surface area contributed by atoms with E-state index in [1.54, 1.807) is 11.8 Å². The first-order valence-corrected chi connectivity index (χ1v) is 5.96. The highest BCUT2D eigenvalue weighted by atomic mass is 32.2. The van der Waals surface area contributed by atoms with E-state index in [2.05, 4.69) is 24.8 Å². The van der Waals surface area contributed by atoms with Crippen LogP contribution in [0, 0.1) is 0 Å². The largest absolute Gasteiger partial charge is 0.481 e. The molecule has 0 amide bonds. The molecule has 0 saturated heterocycles. The molecule has 0 bridgehead atoms. The van der Waals surface area contributed by atoms with Crippen molar-refractivity contribution in [2.45, 2.75) is 33.1 Å². The van der Waals surface area contributed by atoms with E-state index >= 15 is 0 Å². The Morgan fingerprint density at radius 2 is 2.08 bits per heavy atom. The zero-order valence-electron chi connectivity index (χ0n) is 7.95. The molecule has 0 spiro atoms. The summed E-state index contributed by atoms with van der Waals surface area (Å²) in [5.74, 6) is 0.337. The molecule has 0 aromatic rings. The van der Waals surface area contributed by atoms with Crippen LogP contribution in [-0.4, -0.2) is 20.4 Å². The van der Waals surface area contributed by atoms with Crippen molar-refractivity contribution in [1.29, 1.82) is 0 Å². The van der Waals surface area contributed by atoms with Crippen molar-refractivity contribution in [1.82, 2.24) is 0 Å². The number of thioether (sulfide) groups is 1. The SMILES string of the molecule is CCCCC(=O)O.CCSC(=S)S. The van der Waals surface area contributed by atoms with Crippen molar-refractivity contribution in [3.63, 3.8) is 0 Å². The molecule has 13 heavy (non-hydrogen) atoms. The molecule has 0 aliphatic carbocycles. The Morgan fingerprint density at radius 1 is 1.54 bits per heavy atom. The van der Waals surface area contributed by atoms with E-state index in [-0.39, 0.29) is 0 Å². The van der Waals surface area contributed by atoms with Crippen LogP contribution >= 0.6 is 36.6 Å². The van der Waals surface area contributed by atoms with Gasteiger partial charge in [0.1, 0.15) is 3.53 Å². The van der Waals surface area contributed by atoms with E-state index in [1.807, 2.05) is 13.8 Å². The normalized spacial score (nSPS) is 8.54. The molecule has 0 rings (SSSR count). The van der Waals surface area contributed by atoms with Gasteiger partial charge >= 0.3 is 5.97 Å². The van der Waals surface area contributed by atoms with Gasteiger partial charge in [-0.05, 0) is 12.2 Å². The van der Waals surface area contributed by atoms with Gasteiger partial charge in [0.25, 0.3) is 0 Å². The van der Waals surface area contributed by atoms with Crippen LogP contribution in [0.3, 0.4) is 0 Å². The fourth-order valence-corrected chi connectivity index (χ4v) is 1.44. The summed E-state index contributed by atoms with van der Waals surface area (Å²) in [5, 5.41) is 8.04. The van der Waals surface area contributed by atoms with Gasteiger partial charge in [-0.2, -0.15) is 0 Å². The van der Waals surface area contributed by atoms with E-state index in [0.717, 1.165) is 22.1 Å². The van der Waals surface area contributed by atoms with E-state index in [1.165, 1.54) is 0 Å². The van der Waals surface area contributed by atoms with Crippen molar-refractivity contribution in [3.05, 3.63) is 0 Å². The van der Waals surface area contributed by atoms with Crippen molar-refractivity contribution >= 4 is 46.1 Å². The monoisotopic (exact) mass is 240 g/mol. The van der Waals surface area contributed by atoms with Crippen LogP contribution in [0.1, 0.15) is 33.1 Å². The number of thiocarbonyl (C=S) groups is 1. The maximum Gasteiger partial charge on any atom is 0.303 e. The molecular weight excluding hydrogens is 224 g/mol. The average molecular weight is 240 g/mol. The Balaban J connectivity index is 0. The second-order valence-electron chi connectivity index (χ2n) is 2.20. The molecule has 78 valence electrons. The van der Waals surface area contributed by atoms with Gasteiger partial charge in [-0.25, -0.2) is 0 Å². The molecular formula is C8H16O2S3. The van der Waals surface area contributed by atoms with Gasteiger partial charge in [-0.15, -0.1) is 24.4 Å². The first-order valence-electron chi connectivity index (χ1n) is 4.12. The van der Waals surface area contributed by atoms with Gasteiger partial charge in [0.2, 0.25) is 0 Å². The molecule has 0 atom stereocenters. The summed E-state index contributed by atoms with van der Waals surface area (Å²) in [6.07, 6.45) is 2.08. The summed E-state index contributed by atoms with van der Waals surface area (Å²) in [5.41, 5.74) is 0. The molecule has 0 saturated carbocycles. The molecule has 0 heterocycles. The third kappa shape index (κ3) is 24.5. The Morgan fingerprint density at radius 3 is 2.15 bits per heavy atom. The number of carboxylic acid groups (broad SMARTS) is 1. The van der Waals surface area contributed by atoms with Crippen LogP contribution in [0.2, 0.25) is 0 Å². The number of hydrogen-bond donors (Lipinski definition) is 2. The topological polar surface area (TPSA) is 37.3 Å². The molecule has 0 aliphatic heterocycles. The lowest BCUT2D eigenvalue weighted by Crippen LogP contribution is -1.91. The van der Waals surface area contributed by atoms with Gasteiger partial charge in [-0.1, -0.05) is 32.5 Å². The molecule has 5 heteroatoms.